The van der Waals surface area contributed by atoms with Gasteiger partial charge >= 0.3 is 0 Å². The number of likely N-dealkylation sites (tertiary alicyclic amines) is 1. The molecule has 0 atom stereocenters. The normalized spacial score (nSPS) is 15.0. The van der Waals surface area contributed by atoms with Crippen LogP contribution in [0.1, 0.15) is 37.1 Å². The van der Waals surface area contributed by atoms with Crippen LogP contribution in [0, 0.1) is 0 Å². The maximum atomic E-state index is 12.5. The van der Waals surface area contributed by atoms with Crippen molar-refractivity contribution < 1.29 is 4.79 Å². The molecule has 3 aromatic rings. The molecule has 0 aliphatic carbocycles. The number of halogens is 1. The molecule has 0 unspecified atom stereocenters. The van der Waals surface area contributed by atoms with Crippen LogP contribution in [0.4, 0.5) is 5.69 Å². The Morgan fingerprint density at radius 3 is 2.66 bits per heavy atom. The molecule has 2 aromatic carbocycles. The summed E-state index contributed by atoms with van der Waals surface area (Å²) >= 11 is 7.99. The van der Waals surface area contributed by atoms with E-state index in [1.54, 1.807) is 11.3 Å². The molecule has 0 bridgehead atoms. The summed E-state index contributed by atoms with van der Waals surface area (Å²) in [7, 11) is 0. The minimum absolute atomic E-state index is 0.283. The number of aryl methyl sites for hydroxylation is 1. The maximum Gasteiger partial charge on any atom is 0.222 e. The third kappa shape index (κ3) is 5.28. The number of nitrogens with zero attached hydrogens (tertiary/aromatic N) is 2. The second-order valence-corrected chi connectivity index (χ2v) is 9.08. The molecule has 1 saturated heterocycles. The van der Waals surface area contributed by atoms with E-state index in [0.29, 0.717) is 12.5 Å². The second kappa shape index (κ2) is 9.59. The van der Waals surface area contributed by atoms with E-state index in [4.69, 9.17) is 11.6 Å². The first kappa shape index (κ1) is 20.2. The smallest absolute Gasteiger partial charge is 0.222 e. The highest BCUT2D eigenvalue weighted by Crippen LogP contribution is 2.25. The lowest BCUT2D eigenvalue weighted by molar-refractivity contribution is -0.132. The van der Waals surface area contributed by atoms with Gasteiger partial charge in [-0.2, -0.15) is 0 Å². The van der Waals surface area contributed by atoms with Gasteiger partial charge in [-0.15, -0.1) is 11.3 Å². The summed E-state index contributed by atoms with van der Waals surface area (Å²) in [5, 5.41) is 5.43. The van der Waals surface area contributed by atoms with Crippen LogP contribution in [0.3, 0.4) is 0 Å². The minimum atomic E-state index is 0.283. The Kier molecular flexibility index (Phi) is 6.67. The van der Waals surface area contributed by atoms with Gasteiger partial charge in [-0.3, -0.25) is 4.79 Å². The van der Waals surface area contributed by atoms with Crippen LogP contribution in [0.5, 0.6) is 0 Å². The average molecular weight is 428 g/mol. The number of nitrogens with one attached hydrogen (secondary N) is 1. The number of carbonyl (C=O) groups excluding carboxylic acids is 1. The van der Waals surface area contributed by atoms with E-state index in [1.807, 2.05) is 35.2 Å². The molecule has 1 aromatic heterocycles. The van der Waals surface area contributed by atoms with Crippen LogP contribution < -0.4 is 5.32 Å². The monoisotopic (exact) mass is 427 g/mol. The first-order valence-corrected chi connectivity index (χ1v) is 11.5. The van der Waals surface area contributed by atoms with Crippen molar-refractivity contribution in [1.29, 1.82) is 0 Å². The number of aromatic nitrogens is 1. The highest BCUT2D eigenvalue weighted by atomic mass is 35.5. The molecule has 0 radical (unpaired) electrons. The molecule has 6 heteroatoms. The lowest BCUT2D eigenvalue weighted by Gasteiger charge is -2.33. The van der Waals surface area contributed by atoms with Gasteiger partial charge in [0.25, 0.3) is 0 Å². The van der Waals surface area contributed by atoms with Crippen molar-refractivity contribution in [3.8, 4) is 0 Å². The number of rotatable bonds is 7. The van der Waals surface area contributed by atoms with Gasteiger partial charge in [0.2, 0.25) is 5.91 Å². The zero-order valence-corrected chi connectivity index (χ0v) is 18.0. The van der Waals surface area contributed by atoms with Crippen LogP contribution >= 0.6 is 22.9 Å². The van der Waals surface area contributed by atoms with E-state index in [2.05, 4.69) is 28.5 Å². The van der Waals surface area contributed by atoms with Crippen LogP contribution in [0.25, 0.3) is 10.2 Å². The predicted molar refractivity (Wildman–Crippen MR) is 122 cm³/mol. The van der Waals surface area contributed by atoms with E-state index < -0.39 is 0 Å². The molecule has 1 fully saturated rings. The van der Waals surface area contributed by atoms with Crippen molar-refractivity contribution >= 4 is 44.7 Å². The fourth-order valence-corrected chi connectivity index (χ4v) is 5.01. The number of para-hydroxylation sites is 2. The summed E-state index contributed by atoms with van der Waals surface area (Å²) in [5.74, 6) is 0.283. The number of unbranched alkanes of at least 4 members (excludes halogenated alkanes) is 1. The van der Waals surface area contributed by atoms with E-state index in [0.717, 1.165) is 61.4 Å². The molecule has 2 heterocycles. The fourth-order valence-electron chi connectivity index (χ4n) is 3.81. The summed E-state index contributed by atoms with van der Waals surface area (Å²) in [5.41, 5.74) is 2.06. The number of thiazole rings is 1. The third-order valence-electron chi connectivity index (χ3n) is 5.45. The Bertz CT molecular complexity index is 932. The lowest BCUT2D eigenvalue weighted by Crippen LogP contribution is -2.42. The molecule has 1 aliphatic rings. The number of hydrogen-bond acceptors (Lipinski definition) is 4. The number of hydrogen-bond donors (Lipinski definition) is 1. The molecule has 1 aliphatic heterocycles. The van der Waals surface area contributed by atoms with Gasteiger partial charge in [0.15, 0.2) is 0 Å². The highest BCUT2D eigenvalue weighted by molar-refractivity contribution is 7.18. The van der Waals surface area contributed by atoms with Crippen molar-refractivity contribution in [3.05, 3.63) is 58.6 Å². The first-order valence-electron chi connectivity index (χ1n) is 10.3. The van der Waals surface area contributed by atoms with Gasteiger partial charge in [-0.05, 0) is 56.4 Å². The average Bonchev–Trinajstić information content (AvgIpc) is 3.16. The number of amides is 1. The summed E-state index contributed by atoms with van der Waals surface area (Å²) in [6.07, 6.45) is 5.44. The molecule has 1 amide bonds. The lowest BCUT2D eigenvalue weighted by atomic mass is 10.0. The number of benzene rings is 2. The van der Waals surface area contributed by atoms with Crippen LogP contribution in [-0.2, 0) is 11.2 Å². The minimum Gasteiger partial charge on any atom is -0.381 e. The number of piperidine rings is 1. The molecular weight excluding hydrogens is 402 g/mol. The Balaban J connectivity index is 1.16. The summed E-state index contributed by atoms with van der Waals surface area (Å²) in [4.78, 5) is 19.2. The maximum absolute atomic E-state index is 12.5. The Morgan fingerprint density at radius 2 is 1.86 bits per heavy atom. The van der Waals surface area contributed by atoms with Crippen LogP contribution in [0.15, 0.2) is 48.5 Å². The predicted octanol–water partition coefficient (Wildman–Crippen LogP) is 5.77. The van der Waals surface area contributed by atoms with Gasteiger partial charge in [0.1, 0.15) is 0 Å². The number of anilines is 1. The van der Waals surface area contributed by atoms with Gasteiger partial charge in [0.05, 0.1) is 25.9 Å². The SMILES string of the molecule is O=C(CCCCc1nc2ccccc2s1)N1CCC(Nc2ccccc2Cl)CC1. The Hall–Kier alpha value is -2.11. The van der Waals surface area contributed by atoms with E-state index in [-0.39, 0.29) is 5.91 Å². The topological polar surface area (TPSA) is 45.2 Å². The standard InChI is InChI=1S/C23H26ClN3OS/c24-18-7-1-2-8-19(18)25-17-13-15-27(16-14-17)23(28)12-6-5-11-22-26-20-9-3-4-10-21(20)29-22/h1-4,7-10,17,25H,5-6,11-16H2. The van der Waals surface area contributed by atoms with E-state index in [1.165, 1.54) is 9.71 Å². The van der Waals surface area contributed by atoms with Crippen molar-refractivity contribution in [2.24, 2.45) is 0 Å². The summed E-state index contributed by atoms with van der Waals surface area (Å²) < 4.78 is 1.24. The van der Waals surface area contributed by atoms with Crippen molar-refractivity contribution in [2.45, 2.75) is 44.6 Å². The molecule has 4 rings (SSSR count). The quantitative estimate of drug-likeness (QED) is 0.487. The van der Waals surface area contributed by atoms with Crippen molar-refractivity contribution in [1.82, 2.24) is 9.88 Å². The molecule has 4 nitrogen and oxygen atoms in total. The highest BCUT2D eigenvalue weighted by Gasteiger charge is 2.22. The van der Waals surface area contributed by atoms with E-state index >= 15 is 0 Å². The molecule has 0 spiro atoms. The van der Waals surface area contributed by atoms with E-state index in [9.17, 15) is 4.79 Å². The largest absolute Gasteiger partial charge is 0.381 e. The van der Waals surface area contributed by atoms with Gasteiger partial charge in [0, 0.05) is 25.6 Å². The molecule has 152 valence electrons. The number of fused-ring (bicyclic) bond motifs is 1. The zero-order chi connectivity index (χ0) is 20.1. The summed E-state index contributed by atoms with van der Waals surface area (Å²) in [6.45, 7) is 1.64. The first-order chi connectivity index (χ1) is 14.2. The van der Waals surface area contributed by atoms with Gasteiger partial charge in [-0.1, -0.05) is 35.9 Å². The Morgan fingerprint density at radius 1 is 1.10 bits per heavy atom. The molecular formula is C23H26ClN3OS. The molecule has 29 heavy (non-hydrogen) atoms. The third-order valence-corrected chi connectivity index (χ3v) is 6.88. The van der Waals surface area contributed by atoms with Gasteiger partial charge < -0.3 is 10.2 Å². The summed E-state index contributed by atoms with van der Waals surface area (Å²) in [6, 6.07) is 16.5. The molecule has 0 saturated carbocycles. The molecule has 1 N–H and O–H groups in total. The fraction of sp³-hybridized carbons (Fsp3) is 0.391. The Labute approximate surface area is 180 Å². The second-order valence-electron chi connectivity index (χ2n) is 7.56. The van der Waals surface area contributed by atoms with Crippen LogP contribution in [0.2, 0.25) is 5.02 Å². The van der Waals surface area contributed by atoms with Gasteiger partial charge in [-0.25, -0.2) is 4.98 Å². The van der Waals surface area contributed by atoms with Crippen LogP contribution in [-0.4, -0.2) is 34.9 Å². The van der Waals surface area contributed by atoms with Crippen molar-refractivity contribution in [2.75, 3.05) is 18.4 Å². The van der Waals surface area contributed by atoms with Crippen molar-refractivity contribution in [3.63, 3.8) is 0 Å². The zero-order valence-electron chi connectivity index (χ0n) is 16.4. The number of carbonyl (C=O) groups is 1.